The topological polar surface area (TPSA) is 78.4 Å². The predicted octanol–water partition coefficient (Wildman–Crippen LogP) is 2.26. The summed E-state index contributed by atoms with van der Waals surface area (Å²) < 4.78 is 27.2. The van der Waals surface area contributed by atoms with E-state index in [1.54, 1.807) is 42.5 Å². The van der Waals surface area contributed by atoms with Crippen LogP contribution in [0, 0.1) is 6.92 Å². The van der Waals surface area contributed by atoms with Gasteiger partial charge in [0.05, 0.1) is 6.04 Å². The zero-order valence-corrected chi connectivity index (χ0v) is 14.7. The monoisotopic (exact) mass is 374 g/mol. The molecular weight excluding hydrogens is 354 g/mol. The van der Waals surface area contributed by atoms with Gasteiger partial charge < -0.3 is 15.7 Å². The first-order chi connectivity index (χ1) is 12.9. The third kappa shape index (κ3) is 3.55. The lowest BCUT2D eigenvalue weighted by molar-refractivity contribution is -0.109. The second kappa shape index (κ2) is 7.44. The molecule has 0 heterocycles. The lowest BCUT2D eigenvalue weighted by atomic mass is 9.95. The van der Waals surface area contributed by atoms with Crippen LogP contribution in [0.15, 0.2) is 42.5 Å². The molecular formula is C20H20F2N2O3. The summed E-state index contributed by atoms with van der Waals surface area (Å²) in [6, 6.07) is 10.4. The van der Waals surface area contributed by atoms with Crippen LogP contribution in [0.3, 0.4) is 0 Å². The Balaban J connectivity index is 1.89. The van der Waals surface area contributed by atoms with Crippen molar-refractivity contribution in [3.63, 3.8) is 0 Å². The lowest BCUT2D eigenvalue weighted by Crippen LogP contribution is -2.49. The number of rotatable bonds is 6. The van der Waals surface area contributed by atoms with E-state index in [0.29, 0.717) is 17.5 Å². The van der Waals surface area contributed by atoms with E-state index in [4.69, 9.17) is 0 Å². The Morgan fingerprint density at radius 1 is 1.33 bits per heavy atom. The molecule has 3 N–H and O–H groups in total. The van der Waals surface area contributed by atoms with Crippen LogP contribution in [0.5, 0.6) is 0 Å². The van der Waals surface area contributed by atoms with Crippen LogP contribution in [-0.2, 0) is 17.8 Å². The maximum atomic E-state index is 13.6. The fourth-order valence-electron chi connectivity index (χ4n) is 3.43. The van der Waals surface area contributed by atoms with E-state index in [1.807, 2.05) is 6.92 Å². The summed E-state index contributed by atoms with van der Waals surface area (Å²) in [6.07, 6.45) is -2.68. The molecule has 0 aromatic heterocycles. The Kier molecular flexibility index (Phi) is 5.23. The van der Waals surface area contributed by atoms with E-state index in [0.717, 1.165) is 11.1 Å². The van der Waals surface area contributed by atoms with Gasteiger partial charge in [-0.05, 0) is 41.3 Å². The molecule has 0 saturated carbocycles. The van der Waals surface area contributed by atoms with Gasteiger partial charge in [-0.3, -0.25) is 9.59 Å². The minimum atomic E-state index is -3.01. The number of carbonyl (C=O) groups excluding carboxylic acids is 2. The average Bonchev–Trinajstić information content (AvgIpc) is 2.94. The highest BCUT2D eigenvalue weighted by molar-refractivity contribution is 5.95. The fraction of sp³-hybridized carbons (Fsp3) is 0.300. The predicted molar refractivity (Wildman–Crippen MR) is 95.4 cm³/mol. The number of alkyl halides is 2. The number of halogens is 2. The number of aryl methyl sites for hydroxylation is 1. The summed E-state index contributed by atoms with van der Waals surface area (Å²) in [5, 5.41) is 15.6. The molecule has 2 amide bonds. The van der Waals surface area contributed by atoms with Crippen LogP contribution in [-0.4, -0.2) is 29.5 Å². The molecule has 2 aromatic carbocycles. The number of carbonyl (C=O) groups is 2. The van der Waals surface area contributed by atoms with Gasteiger partial charge in [-0.25, -0.2) is 8.78 Å². The zero-order valence-electron chi connectivity index (χ0n) is 14.7. The van der Waals surface area contributed by atoms with Crippen LogP contribution in [0.2, 0.25) is 0 Å². The van der Waals surface area contributed by atoms with Gasteiger partial charge in [0.25, 0.3) is 12.3 Å². The van der Waals surface area contributed by atoms with Gasteiger partial charge in [0.15, 0.2) is 5.60 Å². The minimum Gasteiger partial charge on any atom is -0.381 e. The average molecular weight is 374 g/mol. The van der Waals surface area contributed by atoms with Crippen LogP contribution in [0.1, 0.15) is 38.7 Å². The van der Waals surface area contributed by atoms with Crippen molar-refractivity contribution in [3.8, 4) is 0 Å². The number of benzene rings is 2. The van der Waals surface area contributed by atoms with Gasteiger partial charge in [-0.15, -0.1) is 0 Å². The number of hydrogen-bond acceptors (Lipinski definition) is 3. The minimum absolute atomic E-state index is 0.228. The second-order valence-corrected chi connectivity index (χ2v) is 6.71. The van der Waals surface area contributed by atoms with Gasteiger partial charge >= 0.3 is 0 Å². The highest BCUT2D eigenvalue weighted by Gasteiger charge is 2.52. The van der Waals surface area contributed by atoms with Crippen LogP contribution in [0.25, 0.3) is 0 Å². The summed E-state index contributed by atoms with van der Waals surface area (Å²) in [5.74, 6) is -0.567. The first-order valence-corrected chi connectivity index (χ1v) is 8.52. The highest BCUT2D eigenvalue weighted by atomic mass is 19.3. The molecule has 1 aliphatic rings. The van der Waals surface area contributed by atoms with Gasteiger partial charge in [0.2, 0.25) is 6.41 Å². The standard InChI is InChI=1S/C20H20F2N2O3/c1-12-6-7-13(8-15(12)10-23-11-25)18(26)24-17-16-5-3-2-4-14(16)9-20(17,27)19(21)22/h2-8,11,17,19,27H,9-10H2,1H3,(H,23,25)(H,24,26). The summed E-state index contributed by atoms with van der Waals surface area (Å²) in [5.41, 5.74) is 0.617. The highest BCUT2D eigenvalue weighted by Crippen LogP contribution is 2.42. The Morgan fingerprint density at radius 2 is 2.07 bits per heavy atom. The fourth-order valence-corrected chi connectivity index (χ4v) is 3.43. The molecule has 5 nitrogen and oxygen atoms in total. The maximum Gasteiger partial charge on any atom is 0.269 e. The summed E-state index contributed by atoms with van der Waals surface area (Å²) in [7, 11) is 0. The third-order valence-corrected chi connectivity index (χ3v) is 4.98. The molecule has 142 valence electrons. The van der Waals surface area contributed by atoms with Crippen molar-refractivity contribution in [2.24, 2.45) is 0 Å². The smallest absolute Gasteiger partial charge is 0.269 e. The molecule has 2 atom stereocenters. The van der Waals surface area contributed by atoms with Crippen molar-refractivity contribution in [2.75, 3.05) is 0 Å². The van der Waals surface area contributed by atoms with Crippen molar-refractivity contribution in [3.05, 3.63) is 70.3 Å². The van der Waals surface area contributed by atoms with E-state index in [1.165, 1.54) is 0 Å². The number of hydrogen-bond donors (Lipinski definition) is 3. The Labute approximate surface area is 155 Å². The number of nitrogens with one attached hydrogen (secondary N) is 2. The van der Waals surface area contributed by atoms with E-state index in [2.05, 4.69) is 10.6 Å². The molecule has 0 radical (unpaired) electrons. The molecule has 0 spiro atoms. The molecule has 1 aliphatic carbocycles. The van der Waals surface area contributed by atoms with Crippen molar-refractivity contribution < 1.29 is 23.5 Å². The number of amides is 2. The van der Waals surface area contributed by atoms with Crippen molar-refractivity contribution in [1.29, 1.82) is 0 Å². The lowest BCUT2D eigenvalue weighted by Gasteiger charge is -2.30. The third-order valence-electron chi connectivity index (χ3n) is 4.98. The van der Waals surface area contributed by atoms with E-state index in [-0.39, 0.29) is 18.5 Å². The first-order valence-electron chi connectivity index (χ1n) is 8.52. The number of aliphatic hydroxyl groups is 1. The van der Waals surface area contributed by atoms with E-state index in [9.17, 15) is 23.5 Å². The van der Waals surface area contributed by atoms with E-state index >= 15 is 0 Å². The van der Waals surface area contributed by atoms with E-state index < -0.39 is 24.0 Å². The van der Waals surface area contributed by atoms with Gasteiger partial charge in [-0.2, -0.15) is 0 Å². The normalized spacial score (nSPS) is 21.0. The van der Waals surface area contributed by atoms with Crippen LogP contribution in [0.4, 0.5) is 8.78 Å². The summed E-state index contributed by atoms with van der Waals surface area (Å²) in [4.78, 5) is 23.2. The van der Waals surface area contributed by atoms with Crippen molar-refractivity contribution in [1.82, 2.24) is 10.6 Å². The maximum absolute atomic E-state index is 13.6. The first kappa shape index (κ1) is 19.0. The van der Waals surface area contributed by atoms with Crippen LogP contribution < -0.4 is 10.6 Å². The van der Waals surface area contributed by atoms with Gasteiger partial charge in [-0.1, -0.05) is 30.3 Å². The largest absolute Gasteiger partial charge is 0.381 e. The van der Waals surface area contributed by atoms with Gasteiger partial charge in [0.1, 0.15) is 0 Å². The summed E-state index contributed by atoms with van der Waals surface area (Å²) in [6.45, 7) is 2.09. The Bertz CT molecular complexity index is 872. The molecule has 0 saturated heterocycles. The molecule has 3 rings (SSSR count). The second-order valence-electron chi connectivity index (χ2n) is 6.71. The van der Waals surface area contributed by atoms with Gasteiger partial charge in [0, 0.05) is 18.5 Å². The SMILES string of the molecule is Cc1ccc(C(=O)NC2c3ccccc3CC2(O)C(F)F)cc1CNC=O. The Morgan fingerprint density at radius 3 is 2.78 bits per heavy atom. The summed E-state index contributed by atoms with van der Waals surface area (Å²) >= 11 is 0. The zero-order chi connectivity index (χ0) is 19.6. The molecule has 0 aliphatic heterocycles. The molecule has 27 heavy (non-hydrogen) atoms. The van der Waals surface area contributed by atoms with Crippen molar-refractivity contribution >= 4 is 12.3 Å². The molecule has 0 bridgehead atoms. The molecule has 0 fully saturated rings. The Hall–Kier alpha value is -2.80. The molecule has 2 unspecified atom stereocenters. The quantitative estimate of drug-likeness (QED) is 0.679. The van der Waals surface area contributed by atoms with Crippen LogP contribution >= 0.6 is 0 Å². The van der Waals surface area contributed by atoms with Crippen molar-refractivity contribution in [2.45, 2.75) is 38.0 Å². The molecule has 2 aromatic rings. The number of fused-ring (bicyclic) bond motifs is 1. The molecule has 7 heteroatoms.